The lowest BCUT2D eigenvalue weighted by Gasteiger charge is -2.07. The van der Waals surface area contributed by atoms with Gasteiger partial charge in [-0.15, -0.1) is 12.6 Å². The van der Waals surface area contributed by atoms with Gasteiger partial charge in [-0.1, -0.05) is 39.8 Å². The number of hydrogen-bond acceptors (Lipinski definition) is 2. The molecule has 3 heteroatoms. The molecule has 2 rings (SSSR count). The van der Waals surface area contributed by atoms with Crippen molar-refractivity contribution in [1.29, 1.82) is 0 Å². The fourth-order valence-electron chi connectivity index (χ4n) is 2.57. The van der Waals surface area contributed by atoms with E-state index in [-0.39, 0.29) is 22.8 Å². The van der Waals surface area contributed by atoms with E-state index in [2.05, 4.69) is 45.6 Å². The van der Waals surface area contributed by atoms with Crippen LogP contribution in [0.1, 0.15) is 33.3 Å². The minimum atomic E-state index is 0.102. The summed E-state index contributed by atoms with van der Waals surface area (Å²) in [6.07, 6.45) is 0.441. The van der Waals surface area contributed by atoms with Gasteiger partial charge < -0.3 is 5.32 Å². The molecule has 1 aliphatic rings. The van der Waals surface area contributed by atoms with Crippen LogP contribution in [0.3, 0.4) is 0 Å². The molecule has 1 N–H and O–H groups in total. The SMILES string of the molecule is CC1(C)C(NC(=O)Cc2ccc(S)cc2)C1(C)C. The van der Waals surface area contributed by atoms with Gasteiger partial charge >= 0.3 is 0 Å². The van der Waals surface area contributed by atoms with E-state index in [0.29, 0.717) is 6.42 Å². The molecule has 98 valence electrons. The normalized spacial score (nSPS) is 20.5. The minimum absolute atomic E-state index is 0.102. The van der Waals surface area contributed by atoms with Crippen LogP contribution in [-0.2, 0) is 11.2 Å². The Balaban J connectivity index is 1.93. The van der Waals surface area contributed by atoms with Gasteiger partial charge in [0.15, 0.2) is 0 Å². The molecular weight excluding hydrogens is 242 g/mol. The van der Waals surface area contributed by atoms with Crippen molar-refractivity contribution in [2.24, 2.45) is 10.8 Å². The number of thiol groups is 1. The van der Waals surface area contributed by atoms with Gasteiger partial charge in [0.2, 0.25) is 5.91 Å². The summed E-state index contributed by atoms with van der Waals surface area (Å²) in [5.74, 6) is 0.102. The van der Waals surface area contributed by atoms with Crippen LogP contribution in [0.2, 0.25) is 0 Å². The predicted octanol–water partition coefficient (Wildman–Crippen LogP) is 3.07. The van der Waals surface area contributed by atoms with Crippen molar-refractivity contribution in [3.63, 3.8) is 0 Å². The van der Waals surface area contributed by atoms with E-state index >= 15 is 0 Å². The first-order valence-electron chi connectivity index (χ1n) is 6.32. The van der Waals surface area contributed by atoms with Crippen molar-refractivity contribution in [3.8, 4) is 0 Å². The van der Waals surface area contributed by atoms with Gasteiger partial charge in [-0.2, -0.15) is 0 Å². The van der Waals surface area contributed by atoms with Gasteiger partial charge in [0.25, 0.3) is 0 Å². The second kappa shape index (κ2) is 4.30. The molecule has 0 aliphatic heterocycles. The van der Waals surface area contributed by atoms with Crippen LogP contribution in [0, 0.1) is 10.8 Å². The lowest BCUT2D eigenvalue weighted by molar-refractivity contribution is -0.120. The Labute approximate surface area is 115 Å². The summed E-state index contributed by atoms with van der Waals surface area (Å²) in [5.41, 5.74) is 1.41. The molecule has 18 heavy (non-hydrogen) atoms. The van der Waals surface area contributed by atoms with E-state index in [1.807, 2.05) is 24.3 Å². The zero-order valence-electron chi connectivity index (χ0n) is 11.4. The van der Waals surface area contributed by atoms with Crippen molar-refractivity contribution >= 4 is 18.5 Å². The molecule has 0 heterocycles. The summed E-state index contributed by atoms with van der Waals surface area (Å²) < 4.78 is 0. The fourth-order valence-corrected chi connectivity index (χ4v) is 2.72. The molecule has 2 nitrogen and oxygen atoms in total. The van der Waals surface area contributed by atoms with E-state index in [0.717, 1.165) is 10.5 Å². The highest BCUT2D eigenvalue weighted by Crippen LogP contribution is 2.62. The molecule has 1 fully saturated rings. The van der Waals surface area contributed by atoms with Crippen molar-refractivity contribution < 1.29 is 4.79 Å². The summed E-state index contributed by atoms with van der Waals surface area (Å²) in [5, 5.41) is 3.14. The van der Waals surface area contributed by atoms with Crippen LogP contribution in [0.5, 0.6) is 0 Å². The van der Waals surface area contributed by atoms with Crippen LogP contribution in [-0.4, -0.2) is 11.9 Å². The van der Waals surface area contributed by atoms with Crippen LogP contribution < -0.4 is 5.32 Å². The second-order valence-electron chi connectivity index (χ2n) is 6.29. The summed E-state index contributed by atoms with van der Waals surface area (Å²) in [6.45, 7) is 8.81. The Hall–Kier alpha value is -0.960. The van der Waals surface area contributed by atoms with E-state index in [1.54, 1.807) is 0 Å². The van der Waals surface area contributed by atoms with E-state index in [4.69, 9.17) is 0 Å². The Morgan fingerprint density at radius 1 is 1.17 bits per heavy atom. The molecule has 0 radical (unpaired) electrons. The molecule has 0 bridgehead atoms. The first-order chi connectivity index (χ1) is 8.25. The van der Waals surface area contributed by atoms with Crippen molar-refractivity contribution in [1.82, 2.24) is 5.32 Å². The third-order valence-corrected chi connectivity index (χ3v) is 4.93. The summed E-state index contributed by atoms with van der Waals surface area (Å²) in [6, 6.07) is 8.01. The molecule has 0 aromatic heterocycles. The number of benzene rings is 1. The molecular formula is C15H21NOS. The number of nitrogens with one attached hydrogen (secondary N) is 1. The lowest BCUT2D eigenvalue weighted by atomic mass is 10.0. The Bertz CT molecular complexity index is 448. The molecule has 1 aromatic carbocycles. The number of carbonyl (C=O) groups excluding carboxylic acids is 1. The first-order valence-corrected chi connectivity index (χ1v) is 6.77. The zero-order chi connectivity index (χ0) is 13.6. The summed E-state index contributed by atoms with van der Waals surface area (Å²) >= 11 is 4.23. The van der Waals surface area contributed by atoms with Gasteiger partial charge in [-0.05, 0) is 28.5 Å². The predicted molar refractivity (Wildman–Crippen MR) is 76.9 cm³/mol. The Kier molecular flexibility index (Phi) is 3.22. The van der Waals surface area contributed by atoms with E-state index in [9.17, 15) is 4.79 Å². The highest BCUT2D eigenvalue weighted by molar-refractivity contribution is 7.80. The second-order valence-corrected chi connectivity index (χ2v) is 6.80. The standard InChI is InChI=1S/C15H21NOS/c1-14(2)13(15(14,3)4)16-12(17)9-10-5-7-11(18)8-6-10/h5-8,13,18H,9H2,1-4H3,(H,16,17). The van der Waals surface area contributed by atoms with Crippen molar-refractivity contribution in [2.45, 2.75) is 45.1 Å². The highest BCUT2D eigenvalue weighted by atomic mass is 32.1. The van der Waals surface area contributed by atoms with Gasteiger partial charge in [-0.3, -0.25) is 4.79 Å². The molecule has 0 spiro atoms. The quantitative estimate of drug-likeness (QED) is 0.806. The summed E-state index contributed by atoms with van der Waals surface area (Å²) in [7, 11) is 0. The Morgan fingerprint density at radius 2 is 1.67 bits per heavy atom. The smallest absolute Gasteiger partial charge is 0.224 e. The van der Waals surface area contributed by atoms with Crippen LogP contribution in [0.25, 0.3) is 0 Å². The minimum Gasteiger partial charge on any atom is -0.352 e. The number of carbonyl (C=O) groups is 1. The topological polar surface area (TPSA) is 29.1 Å². The average Bonchev–Trinajstić information content (AvgIpc) is 2.64. The third kappa shape index (κ3) is 2.28. The van der Waals surface area contributed by atoms with E-state index in [1.165, 1.54) is 0 Å². The highest BCUT2D eigenvalue weighted by Gasteiger charge is 2.65. The molecule has 0 unspecified atom stereocenters. The van der Waals surface area contributed by atoms with Crippen molar-refractivity contribution in [2.75, 3.05) is 0 Å². The van der Waals surface area contributed by atoms with Gasteiger partial charge in [0.05, 0.1) is 6.42 Å². The Morgan fingerprint density at radius 3 is 2.11 bits per heavy atom. The van der Waals surface area contributed by atoms with Gasteiger partial charge in [-0.25, -0.2) is 0 Å². The largest absolute Gasteiger partial charge is 0.352 e. The number of hydrogen-bond donors (Lipinski definition) is 2. The third-order valence-electron chi connectivity index (χ3n) is 4.63. The summed E-state index contributed by atoms with van der Waals surface area (Å²) in [4.78, 5) is 12.9. The maximum absolute atomic E-state index is 12.0. The lowest BCUT2D eigenvalue weighted by Crippen LogP contribution is -2.31. The molecule has 1 aromatic rings. The number of amides is 1. The van der Waals surface area contributed by atoms with Crippen LogP contribution >= 0.6 is 12.6 Å². The molecule has 1 saturated carbocycles. The molecule has 1 amide bonds. The number of rotatable bonds is 3. The maximum atomic E-state index is 12.0. The fraction of sp³-hybridized carbons (Fsp3) is 0.533. The van der Waals surface area contributed by atoms with Gasteiger partial charge in [0, 0.05) is 10.9 Å². The zero-order valence-corrected chi connectivity index (χ0v) is 12.3. The molecule has 1 aliphatic carbocycles. The van der Waals surface area contributed by atoms with Crippen LogP contribution in [0.15, 0.2) is 29.2 Å². The van der Waals surface area contributed by atoms with E-state index < -0.39 is 0 Å². The van der Waals surface area contributed by atoms with Crippen molar-refractivity contribution in [3.05, 3.63) is 29.8 Å². The first kappa shape index (κ1) is 13.5. The average molecular weight is 263 g/mol. The van der Waals surface area contributed by atoms with Gasteiger partial charge in [0.1, 0.15) is 0 Å². The monoisotopic (exact) mass is 263 g/mol. The molecule has 0 atom stereocenters. The maximum Gasteiger partial charge on any atom is 0.224 e. The molecule has 0 saturated heterocycles. The van der Waals surface area contributed by atoms with Crippen LogP contribution in [0.4, 0.5) is 0 Å².